The van der Waals surface area contributed by atoms with Crippen molar-refractivity contribution in [1.29, 1.82) is 0 Å². The Hall–Kier alpha value is -2.57. The maximum absolute atomic E-state index is 10.2. The molecule has 3 rings (SSSR count). The molecule has 0 unspecified atom stereocenters. The van der Waals surface area contributed by atoms with Gasteiger partial charge in [-0.05, 0) is 22.9 Å². The summed E-state index contributed by atoms with van der Waals surface area (Å²) < 4.78 is 32.6. The summed E-state index contributed by atoms with van der Waals surface area (Å²) in [5.74, 6) is -0.284. The number of hydrogen-bond donors (Lipinski definition) is 2. The van der Waals surface area contributed by atoms with E-state index in [9.17, 15) is 8.42 Å². The van der Waals surface area contributed by atoms with Crippen molar-refractivity contribution in [1.82, 2.24) is 0 Å². The molecule has 0 amide bonds. The van der Waals surface area contributed by atoms with Crippen LogP contribution in [0.1, 0.15) is 0 Å². The van der Waals surface area contributed by atoms with E-state index in [1.54, 1.807) is 0 Å². The number of benzene rings is 3. The molecule has 0 heterocycles. The highest BCUT2D eigenvalue weighted by Gasteiger charge is 2.06. The summed E-state index contributed by atoms with van der Waals surface area (Å²) in [6, 6.07) is 21.8. The number of aromatic hydroxyl groups is 1. The topological polar surface area (TPSA) is 83.8 Å². The molecular weight excluding hydrogens is 304 g/mol. The summed E-state index contributed by atoms with van der Waals surface area (Å²) in [5, 5.41) is 11.5. The van der Waals surface area contributed by atoms with Gasteiger partial charge in [0.25, 0.3) is 0 Å². The Balaban J connectivity index is 0.000000162. The Morgan fingerprint density at radius 2 is 1.27 bits per heavy atom. The van der Waals surface area contributed by atoms with Crippen LogP contribution in [-0.2, 0) is 10.4 Å². The largest absolute Gasteiger partial charge is 0.508 e. The fourth-order valence-electron chi connectivity index (χ4n) is 1.79. The molecular formula is C16H14O5S. The number of rotatable bonds is 2. The van der Waals surface area contributed by atoms with Crippen LogP contribution in [0.4, 0.5) is 0 Å². The molecule has 22 heavy (non-hydrogen) atoms. The minimum Gasteiger partial charge on any atom is -0.508 e. The normalized spacial score (nSPS) is 10.6. The molecule has 0 saturated carbocycles. The monoisotopic (exact) mass is 318 g/mol. The molecule has 0 aliphatic rings. The summed E-state index contributed by atoms with van der Waals surface area (Å²) in [7, 11) is -4.51. The molecule has 0 spiro atoms. The second-order valence-electron chi connectivity index (χ2n) is 4.36. The van der Waals surface area contributed by atoms with E-state index in [0.29, 0.717) is 0 Å². The lowest BCUT2D eigenvalue weighted by molar-refractivity contribution is 0.385. The second-order valence-corrected chi connectivity index (χ2v) is 5.38. The lowest BCUT2D eigenvalue weighted by Gasteiger charge is -2.00. The third kappa shape index (κ3) is 5.08. The van der Waals surface area contributed by atoms with Gasteiger partial charge in [0.05, 0.1) is 0 Å². The van der Waals surface area contributed by atoms with Gasteiger partial charge in [-0.1, -0.05) is 54.6 Å². The molecule has 5 nitrogen and oxygen atoms in total. The first-order valence-electron chi connectivity index (χ1n) is 6.34. The van der Waals surface area contributed by atoms with Gasteiger partial charge in [-0.25, -0.2) is 0 Å². The fraction of sp³-hybridized carbons (Fsp3) is 0. The van der Waals surface area contributed by atoms with E-state index in [1.807, 2.05) is 0 Å². The highest BCUT2D eigenvalue weighted by Crippen LogP contribution is 2.18. The Morgan fingerprint density at radius 3 is 1.68 bits per heavy atom. The smallest absolute Gasteiger partial charge is 0.446 e. The van der Waals surface area contributed by atoms with Gasteiger partial charge in [-0.2, -0.15) is 8.42 Å². The Labute approximate surface area is 128 Å². The average molecular weight is 318 g/mol. The molecule has 3 aromatic carbocycles. The molecule has 114 valence electrons. The van der Waals surface area contributed by atoms with Gasteiger partial charge >= 0.3 is 10.4 Å². The van der Waals surface area contributed by atoms with Crippen LogP contribution >= 0.6 is 0 Å². The zero-order chi connectivity index (χ0) is 16.0. The minimum absolute atomic E-state index is 0.141. The summed E-state index contributed by atoms with van der Waals surface area (Å²) >= 11 is 0. The van der Waals surface area contributed by atoms with Crippen LogP contribution in [0.15, 0.2) is 72.8 Å². The molecule has 0 saturated heterocycles. The van der Waals surface area contributed by atoms with Crippen molar-refractivity contribution in [3.05, 3.63) is 72.8 Å². The maximum atomic E-state index is 10.2. The molecule has 2 N–H and O–H groups in total. The van der Waals surface area contributed by atoms with Crippen molar-refractivity contribution >= 4 is 21.2 Å². The highest BCUT2D eigenvalue weighted by atomic mass is 32.3. The predicted molar refractivity (Wildman–Crippen MR) is 84.2 cm³/mol. The first-order chi connectivity index (χ1) is 10.4. The molecule has 0 atom stereocenters. The molecule has 0 aliphatic heterocycles. The summed E-state index contributed by atoms with van der Waals surface area (Å²) in [6.07, 6.45) is 0. The predicted octanol–water partition coefficient (Wildman–Crippen LogP) is 3.41. The highest BCUT2D eigenvalue weighted by molar-refractivity contribution is 7.81. The van der Waals surface area contributed by atoms with Crippen LogP contribution in [0.25, 0.3) is 10.8 Å². The molecule has 0 bridgehead atoms. The standard InChI is InChI=1S/C10H8.C6H6O5S/c1-2-6-10-8-4-3-7-9(10)5-1;7-5-2-1-3-6(4-5)11-12(8,9)10/h1-8H;1-4,7H,(H,8,9,10). The van der Waals surface area contributed by atoms with Crippen molar-refractivity contribution in [3.63, 3.8) is 0 Å². The van der Waals surface area contributed by atoms with E-state index in [0.717, 1.165) is 6.07 Å². The van der Waals surface area contributed by atoms with Crippen LogP contribution in [-0.4, -0.2) is 18.1 Å². The first kappa shape index (κ1) is 15.8. The van der Waals surface area contributed by atoms with Crippen molar-refractivity contribution < 1.29 is 22.3 Å². The van der Waals surface area contributed by atoms with E-state index in [2.05, 4.69) is 52.7 Å². The molecule has 3 aromatic rings. The van der Waals surface area contributed by atoms with Gasteiger partial charge in [0.15, 0.2) is 0 Å². The zero-order valence-corrected chi connectivity index (χ0v) is 12.3. The van der Waals surface area contributed by atoms with Gasteiger partial charge in [-0.3, -0.25) is 4.55 Å². The third-order valence-electron chi connectivity index (χ3n) is 2.68. The molecule has 6 heteroatoms. The maximum Gasteiger partial charge on any atom is 0.446 e. The van der Waals surface area contributed by atoms with E-state index in [-0.39, 0.29) is 11.5 Å². The van der Waals surface area contributed by atoms with Crippen LogP contribution in [0.2, 0.25) is 0 Å². The first-order valence-corrected chi connectivity index (χ1v) is 7.70. The van der Waals surface area contributed by atoms with E-state index in [4.69, 9.17) is 9.66 Å². The Bertz CT molecular complexity index is 794. The lowest BCUT2D eigenvalue weighted by atomic mass is 10.1. The lowest BCUT2D eigenvalue weighted by Crippen LogP contribution is -2.06. The van der Waals surface area contributed by atoms with E-state index < -0.39 is 10.4 Å². The van der Waals surface area contributed by atoms with Crippen molar-refractivity contribution in [2.24, 2.45) is 0 Å². The molecule has 0 aromatic heterocycles. The van der Waals surface area contributed by atoms with Crippen molar-refractivity contribution in [2.75, 3.05) is 0 Å². The molecule has 0 aliphatic carbocycles. The number of fused-ring (bicyclic) bond motifs is 1. The van der Waals surface area contributed by atoms with Crippen molar-refractivity contribution in [3.8, 4) is 11.5 Å². The number of phenolic OH excluding ortho intramolecular Hbond substituents is 1. The average Bonchev–Trinajstić information content (AvgIpc) is 2.46. The summed E-state index contributed by atoms with van der Waals surface area (Å²) in [6.45, 7) is 0. The summed E-state index contributed by atoms with van der Waals surface area (Å²) in [4.78, 5) is 0. The summed E-state index contributed by atoms with van der Waals surface area (Å²) in [5.41, 5.74) is 0. The zero-order valence-electron chi connectivity index (χ0n) is 11.5. The fourth-order valence-corrected chi connectivity index (χ4v) is 2.14. The number of hydrogen-bond acceptors (Lipinski definition) is 4. The van der Waals surface area contributed by atoms with E-state index in [1.165, 1.54) is 29.0 Å². The third-order valence-corrected chi connectivity index (χ3v) is 3.08. The molecule has 0 fully saturated rings. The van der Waals surface area contributed by atoms with Gasteiger partial charge < -0.3 is 9.29 Å². The van der Waals surface area contributed by atoms with Crippen LogP contribution in [0.3, 0.4) is 0 Å². The SMILES string of the molecule is O=S(=O)(O)Oc1cccc(O)c1.c1ccc2ccccc2c1. The van der Waals surface area contributed by atoms with Gasteiger partial charge in [0.2, 0.25) is 0 Å². The quantitative estimate of drug-likeness (QED) is 0.707. The minimum atomic E-state index is -4.51. The van der Waals surface area contributed by atoms with Gasteiger partial charge in [0.1, 0.15) is 11.5 Å². The van der Waals surface area contributed by atoms with Crippen LogP contribution < -0.4 is 4.18 Å². The Morgan fingerprint density at radius 1 is 0.773 bits per heavy atom. The van der Waals surface area contributed by atoms with Crippen molar-refractivity contribution in [2.45, 2.75) is 0 Å². The number of phenols is 1. The van der Waals surface area contributed by atoms with Crippen LogP contribution in [0, 0.1) is 0 Å². The second kappa shape index (κ2) is 6.93. The van der Waals surface area contributed by atoms with E-state index >= 15 is 0 Å². The van der Waals surface area contributed by atoms with Gasteiger partial charge in [-0.15, -0.1) is 0 Å². The van der Waals surface area contributed by atoms with Gasteiger partial charge in [0, 0.05) is 6.07 Å². The van der Waals surface area contributed by atoms with Crippen LogP contribution in [0.5, 0.6) is 11.5 Å². The molecule has 0 radical (unpaired) electrons. The Kier molecular flexibility index (Phi) is 4.98.